The minimum atomic E-state index is -0.854. The molecule has 0 aliphatic heterocycles. The Kier molecular flexibility index (Phi) is 4.50. The number of esters is 1. The van der Waals surface area contributed by atoms with E-state index in [2.05, 4.69) is 4.74 Å². The van der Waals surface area contributed by atoms with Gasteiger partial charge in [-0.2, -0.15) is 0 Å². The lowest BCUT2D eigenvalue weighted by Crippen LogP contribution is -2.17. The average Bonchev–Trinajstić information content (AvgIpc) is 2.53. The Balaban J connectivity index is 2.37. The molecule has 0 N–H and O–H groups in total. The molecule has 0 unspecified atom stereocenters. The van der Waals surface area contributed by atoms with Crippen LogP contribution in [0.15, 0.2) is 45.8 Å². The van der Waals surface area contributed by atoms with Crippen LogP contribution in [0.1, 0.15) is 26.5 Å². The molecule has 0 spiro atoms. The van der Waals surface area contributed by atoms with E-state index in [0.717, 1.165) is 18.9 Å². The smallest absolute Gasteiger partial charge is 0.378 e. The molecule has 0 saturated carbocycles. The molecule has 21 heavy (non-hydrogen) atoms. The zero-order valence-corrected chi connectivity index (χ0v) is 11.2. The third-order valence-electron chi connectivity index (χ3n) is 2.70. The Morgan fingerprint density at radius 2 is 2.00 bits per heavy atom. The van der Waals surface area contributed by atoms with Crippen molar-refractivity contribution in [2.75, 3.05) is 7.11 Å². The Labute approximate surface area is 119 Å². The van der Waals surface area contributed by atoms with Crippen molar-refractivity contribution in [3.05, 3.63) is 63.7 Å². The van der Waals surface area contributed by atoms with Crippen molar-refractivity contribution in [3.63, 3.8) is 0 Å². The molecule has 1 aromatic carbocycles. The summed E-state index contributed by atoms with van der Waals surface area (Å²) >= 11 is 0. The normalized spacial score (nSPS) is 9.95. The standard InChI is InChI=1S/C15H12O6/c1-19-15(18)14-13(12(17)11(7-16)9-21-14)20-8-10-5-3-2-4-6-10/h2-7,9H,8H2,1H3. The van der Waals surface area contributed by atoms with Gasteiger partial charge >= 0.3 is 5.97 Å². The molecular formula is C15H12O6. The van der Waals surface area contributed by atoms with E-state index in [0.29, 0.717) is 6.29 Å². The Morgan fingerprint density at radius 1 is 1.29 bits per heavy atom. The first-order chi connectivity index (χ1) is 10.2. The van der Waals surface area contributed by atoms with E-state index in [1.165, 1.54) is 0 Å². The van der Waals surface area contributed by atoms with Crippen molar-refractivity contribution < 1.29 is 23.5 Å². The van der Waals surface area contributed by atoms with Gasteiger partial charge in [-0.05, 0) is 5.56 Å². The largest absolute Gasteiger partial charge is 0.481 e. The number of aldehydes is 1. The van der Waals surface area contributed by atoms with Crippen molar-refractivity contribution in [2.45, 2.75) is 6.61 Å². The molecule has 0 bridgehead atoms. The summed E-state index contributed by atoms with van der Waals surface area (Å²) in [6.07, 6.45) is 1.24. The van der Waals surface area contributed by atoms with E-state index in [9.17, 15) is 14.4 Å². The molecule has 2 rings (SSSR count). The van der Waals surface area contributed by atoms with Gasteiger partial charge in [0.25, 0.3) is 5.76 Å². The van der Waals surface area contributed by atoms with Crippen molar-refractivity contribution in [2.24, 2.45) is 0 Å². The highest BCUT2D eigenvalue weighted by molar-refractivity contribution is 5.90. The lowest BCUT2D eigenvalue weighted by molar-refractivity contribution is 0.0552. The molecule has 6 heteroatoms. The Morgan fingerprint density at radius 3 is 2.62 bits per heavy atom. The van der Waals surface area contributed by atoms with Crippen molar-refractivity contribution in [1.29, 1.82) is 0 Å². The van der Waals surface area contributed by atoms with Crippen molar-refractivity contribution >= 4 is 12.3 Å². The second-order valence-corrected chi connectivity index (χ2v) is 4.06. The topological polar surface area (TPSA) is 82.8 Å². The Hall–Kier alpha value is -2.89. The molecule has 1 aromatic heterocycles. The Bertz CT molecular complexity index is 702. The van der Waals surface area contributed by atoms with Crippen LogP contribution in [0.25, 0.3) is 0 Å². The maximum absolute atomic E-state index is 12.0. The van der Waals surface area contributed by atoms with Crippen LogP contribution in [0.3, 0.4) is 0 Å². The second-order valence-electron chi connectivity index (χ2n) is 4.06. The third kappa shape index (κ3) is 3.17. The third-order valence-corrected chi connectivity index (χ3v) is 2.70. The number of ether oxygens (including phenoxy) is 2. The van der Waals surface area contributed by atoms with Crippen LogP contribution in [0.4, 0.5) is 0 Å². The molecule has 0 aliphatic carbocycles. The monoisotopic (exact) mass is 288 g/mol. The molecular weight excluding hydrogens is 276 g/mol. The predicted molar refractivity (Wildman–Crippen MR) is 72.5 cm³/mol. The van der Waals surface area contributed by atoms with Crippen LogP contribution in [0, 0.1) is 0 Å². The van der Waals surface area contributed by atoms with E-state index < -0.39 is 11.4 Å². The van der Waals surface area contributed by atoms with Gasteiger partial charge in [0, 0.05) is 0 Å². The highest BCUT2D eigenvalue weighted by Crippen LogP contribution is 2.17. The first-order valence-corrected chi connectivity index (χ1v) is 6.03. The molecule has 0 fully saturated rings. The summed E-state index contributed by atoms with van der Waals surface area (Å²) in [6.45, 7) is 0.0535. The quantitative estimate of drug-likeness (QED) is 0.616. The summed E-state index contributed by atoms with van der Waals surface area (Å²) in [6, 6.07) is 9.05. The van der Waals surface area contributed by atoms with Crippen molar-refractivity contribution in [3.8, 4) is 5.75 Å². The van der Waals surface area contributed by atoms with E-state index in [1.807, 2.05) is 18.2 Å². The summed E-state index contributed by atoms with van der Waals surface area (Å²) in [4.78, 5) is 34.4. The predicted octanol–water partition coefficient (Wildman–Crippen LogP) is 1.82. The van der Waals surface area contributed by atoms with Gasteiger partial charge < -0.3 is 13.9 Å². The van der Waals surface area contributed by atoms with Crippen LogP contribution in [-0.2, 0) is 11.3 Å². The van der Waals surface area contributed by atoms with Gasteiger partial charge in [-0.15, -0.1) is 0 Å². The number of hydrogen-bond acceptors (Lipinski definition) is 6. The van der Waals surface area contributed by atoms with Gasteiger partial charge in [0.2, 0.25) is 11.2 Å². The minimum Gasteiger partial charge on any atom is -0.481 e. The number of rotatable bonds is 5. The summed E-state index contributed by atoms with van der Waals surface area (Å²) in [5, 5.41) is 0. The highest BCUT2D eigenvalue weighted by atomic mass is 16.5. The molecule has 2 aromatic rings. The summed E-state index contributed by atoms with van der Waals surface area (Å²) in [5.74, 6) is -1.56. The molecule has 6 nitrogen and oxygen atoms in total. The van der Waals surface area contributed by atoms with Crippen molar-refractivity contribution in [1.82, 2.24) is 0 Å². The van der Waals surface area contributed by atoms with Gasteiger partial charge in [0.15, 0.2) is 6.29 Å². The number of methoxy groups -OCH3 is 1. The first-order valence-electron chi connectivity index (χ1n) is 6.03. The van der Waals surface area contributed by atoms with Gasteiger partial charge in [-0.1, -0.05) is 30.3 Å². The lowest BCUT2D eigenvalue weighted by Gasteiger charge is -2.09. The lowest BCUT2D eigenvalue weighted by atomic mass is 10.2. The maximum atomic E-state index is 12.0. The molecule has 0 atom stereocenters. The van der Waals surface area contributed by atoms with E-state index in [4.69, 9.17) is 9.15 Å². The van der Waals surface area contributed by atoms with Crippen LogP contribution in [-0.4, -0.2) is 19.4 Å². The SMILES string of the molecule is COC(=O)c1occ(C=O)c(=O)c1OCc1ccccc1. The summed E-state index contributed by atoms with van der Waals surface area (Å²) < 4.78 is 14.8. The van der Waals surface area contributed by atoms with Gasteiger partial charge in [-0.3, -0.25) is 9.59 Å². The van der Waals surface area contributed by atoms with E-state index in [-0.39, 0.29) is 23.7 Å². The molecule has 108 valence electrons. The van der Waals surface area contributed by atoms with Crippen LogP contribution < -0.4 is 10.2 Å². The fourth-order valence-electron chi connectivity index (χ4n) is 1.64. The average molecular weight is 288 g/mol. The van der Waals surface area contributed by atoms with Crippen LogP contribution in [0.2, 0.25) is 0 Å². The first kappa shape index (κ1) is 14.5. The number of hydrogen-bond donors (Lipinski definition) is 0. The molecule has 0 aliphatic rings. The molecule has 0 radical (unpaired) electrons. The van der Waals surface area contributed by atoms with E-state index in [1.54, 1.807) is 12.1 Å². The van der Waals surface area contributed by atoms with Crippen LogP contribution in [0.5, 0.6) is 5.75 Å². The summed E-state index contributed by atoms with van der Waals surface area (Å²) in [5.41, 5.74) is -0.150. The van der Waals surface area contributed by atoms with E-state index >= 15 is 0 Å². The van der Waals surface area contributed by atoms with Crippen LogP contribution >= 0.6 is 0 Å². The second kappa shape index (κ2) is 6.51. The van der Waals surface area contributed by atoms with Gasteiger partial charge in [-0.25, -0.2) is 4.79 Å². The fourth-order valence-corrected chi connectivity index (χ4v) is 1.64. The summed E-state index contributed by atoms with van der Waals surface area (Å²) in [7, 11) is 1.15. The molecule has 0 saturated heterocycles. The zero-order valence-electron chi connectivity index (χ0n) is 11.2. The molecule has 1 heterocycles. The fraction of sp³-hybridized carbons (Fsp3) is 0.133. The zero-order chi connectivity index (χ0) is 15.2. The maximum Gasteiger partial charge on any atom is 0.378 e. The molecule has 0 amide bonds. The number of carbonyl (C=O) groups excluding carboxylic acids is 2. The van der Waals surface area contributed by atoms with Gasteiger partial charge in [0.1, 0.15) is 18.4 Å². The number of carbonyl (C=O) groups is 2. The minimum absolute atomic E-state index is 0.0535. The van der Waals surface area contributed by atoms with Gasteiger partial charge in [0.05, 0.1) is 7.11 Å². The number of benzene rings is 1. The highest BCUT2D eigenvalue weighted by Gasteiger charge is 2.22.